The van der Waals surface area contributed by atoms with Crippen molar-refractivity contribution >= 4 is 5.91 Å². The average molecular weight is 265 g/mol. The summed E-state index contributed by atoms with van der Waals surface area (Å²) in [6.07, 6.45) is 5.22. The lowest BCUT2D eigenvalue weighted by atomic mass is 9.59. The fourth-order valence-electron chi connectivity index (χ4n) is 5.52. The van der Waals surface area contributed by atoms with Crippen LogP contribution in [0.4, 0.5) is 0 Å². The van der Waals surface area contributed by atoms with Crippen molar-refractivity contribution in [1.29, 1.82) is 0 Å². The van der Waals surface area contributed by atoms with Crippen molar-refractivity contribution in [2.75, 3.05) is 6.61 Å². The fraction of sp³-hybridized carbons (Fsp3) is 0.938. The van der Waals surface area contributed by atoms with Gasteiger partial charge < -0.3 is 10.1 Å². The zero-order valence-electron chi connectivity index (χ0n) is 12.7. The lowest BCUT2D eigenvalue weighted by molar-refractivity contribution is -0.135. The second kappa shape index (κ2) is 4.21. The number of carbonyl (C=O) groups excluding carboxylic acids is 1. The largest absolute Gasteiger partial charge is 0.378 e. The molecule has 3 rings (SSSR count). The van der Waals surface area contributed by atoms with E-state index in [4.69, 9.17) is 4.74 Å². The predicted molar refractivity (Wildman–Crippen MR) is 74.7 cm³/mol. The molecule has 3 heteroatoms. The third-order valence-electron chi connectivity index (χ3n) is 6.37. The quantitative estimate of drug-likeness (QED) is 0.833. The third-order valence-corrected chi connectivity index (χ3v) is 6.37. The Labute approximate surface area is 116 Å². The van der Waals surface area contributed by atoms with Gasteiger partial charge in [-0.15, -0.1) is 0 Å². The van der Waals surface area contributed by atoms with E-state index in [0.717, 1.165) is 25.4 Å². The first-order valence-corrected chi connectivity index (χ1v) is 7.80. The van der Waals surface area contributed by atoms with Gasteiger partial charge in [-0.2, -0.15) is 0 Å². The lowest BCUT2D eigenvalue weighted by Gasteiger charge is -2.53. The smallest absolute Gasteiger partial charge is 0.217 e. The highest BCUT2D eigenvalue weighted by molar-refractivity contribution is 5.73. The van der Waals surface area contributed by atoms with Crippen LogP contribution in [0.2, 0.25) is 0 Å². The predicted octanol–water partition coefficient (Wildman–Crippen LogP) is 2.74. The SMILES string of the molecule is CC[C@H]1OCCC23C[C@@H](C[C@H]12)C(C)(C)[C@H]3NC(C)=O. The van der Waals surface area contributed by atoms with Gasteiger partial charge in [-0.3, -0.25) is 4.79 Å². The molecule has 2 aliphatic carbocycles. The molecule has 3 fully saturated rings. The van der Waals surface area contributed by atoms with Crippen LogP contribution in [-0.4, -0.2) is 24.7 Å². The summed E-state index contributed by atoms with van der Waals surface area (Å²) in [4.78, 5) is 11.6. The van der Waals surface area contributed by atoms with E-state index in [-0.39, 0.29) is 11.3 Å². The molecule has 0 aromatic heterocycles. The molecule has 5 atom stereocenters. The molecule has 19 heavy (non-hydrogen) atoms. The summed E-state index contributed by atoms with van der Waals surface area (Å²) in [6, 6.07) is 0.333. The molecule has 0 radical (unpaired) electrons. The average Bonchev–Trinajstić information content (AvgIpc) is 2.82. The van der Waals surface area contributed by atoms with Gasteiger partial charge in [0.15, 0.2) is 0 Å². The van der Waals surface area contributed by atoms with E-state index in [0.29, 0.717) is 23.5 Å². The number of carbonyl (C=O) groups is 1. The molecule has 3 aliphatic rings. The Hall–Kier alpha value is -0.570. The van der Waals surface area contributed by atoms with E-state index in [1.54, 1.807) is 6.92 Å². The number of hydrogen-bond acceptors (Lipinski definition) is 2. The molecule has 1 saturated heterocycles. The second-order valence-corrected chi connectivity index (χ2v) is 7.50. The van der Waals surface area contributed by atoms with Crippen molar-refractivity contribution in [3.63, 3.8) is 0 Å². The summed E-state index contributed by atoms with van der Waals surface area (Å²) in [5.41, 5.74) is 0.538. The summed E-state index contributed by atoms with van der Waals surface area (Å²) in [5, 5.41) is 3.30. The van der Waals surface area contributed by atoms with Crippen LogP contribution < -0.4 is 5.32 Å². The van der Waals surface area contributed by atoms with Crippen molar-refractivity contribution in [2.24, 2.45) is 22.7 Å². The summed E-state index contributed by atoms with van der Waals surface area (Å²) >= 11 is 0. The highest BCUT2D eigenvalue weighted by Crippen LogP contribution is 2.68. The van der Waals surface area contributed by atoms with E-state index in [1.165, 1.54) is 12.8 Å². The van der Waals surface area contributed by atoms with Crippen molar-refractivity contribution in [2.45, 2.75) is 65.5 Å². The molecule has 0 aromatic carbocycles. The molecule has 1 N–H and O–H groups in total. The Balaban J connectivity index is 1.96. The van der Waals surface area contributed by atoms with Gasteiger partial charge >= 0.3 is 0 Å². The van der Waals surface area contributed by atoms with E-state index in [2.05, 4.69) is 26.1 Å². The Bertz CT molecular complexity index is 392. The minimum atomic E-state index is 0.123. The number of fused-ring (bicyclic) bond motifs is 1. The molecule has 0 aromatic rings. The van der Waals surface area contributed by atoms with Gasteiger partial charge in [0, 0.05) is 19.6 Å². The summed E-state index contributed by atoms with van der Waals surface area (Å²) in [7, 11) is 0. The molecule has 1 amide bonds. The van der Waals surface area contributed by atoms with Gasteiger partial charge in [-0.05, 0) is 48.3 Å². The summed E-state index contributed by atoms with van der Waals surface area (Å²) in [6.45, 7) is 9.45. The zero-order valence-corrected chi connectivity index (χ0v) is 12.7. The van der Waals surface area contributed by atoms with E-state index in [9.17, 15) is 4.79 Å². The molecule has 2 bridgehead atoms. The van der Waals surface area contributed by atoms with Crippen molar-refractivity contribution in [3.8, 4) is 0 Å². The van der Waals surface area contributed by atoms with Crippen LogP contribution in [0, 0.1) is 22.7 Å². The van der Waals surface area contributed by atoms with Crippen LogP contribution >= 0.6 is 0 Å². The van der Waals surface area contributed by atoms with Gasteiger partial charge in [0.2, 0.25) is 5.91 Å². The zero-order chi connectivity index (χ0) is 13.8. The highest BCUT2D eigenvalue weighted by atomic mass is 16.5. The van der Waals surface area contributed by atoms with Crippen molar-refractivity contribution < 1.29 is 9.53 Å². The fourth-order valence-corrected chi connectivity index (χ4v) is 5.52. The number of amides is 1. The molecular weight excluding hydrogens is 238 g/mol. The van der Waals surface area contributed by atoms with E-state index >= 15 is 0 Å². The maximum absolute atomic E-state index is 11.6. The normalized spacial score (nSPS) is 46.9. The van der Waals surface area contributed by atoms with Gasteiger partial charge in [-0.25, -0.2) is 0 Å². The topological polar surface area (TPSA) is 38.3 Å². The molecule has 108 valence electrons. The van der Waals surface area contributed by atoms with Gasteiger partial charge in [0.05, 0.1) is 6.10 Å². The maximum atomic E-state index is 11.6. The first-order valence-electron chi connectivity index (χ1n) is 7.80. The third kappa shape index (κ3) is 1.70. The second-order valence-electron chi connectivity index (χ2n) is 7.50. The van der Waals surface area contributed by atoms with Crippen LogP contribution in [-0.2, 0) is 9.53 Å². The van der Waals surface area contributed by atoms with Crippen LogP contribution in [0.15, 0.2) is 0 Å². The van der Waals surface area contributed by atoms with Crippen LogP contribution in [0.1, 0.15) is 53.4 Å². The maximum Gasteiger partial charge on any atom is 0.217 e. The standard InChI is InChI=1S/C16H27NO2/c1-5-13-12-8-11-9-16(12,6-7-19-13)14(15(11,3)4)17-10(2)18/h11-14H,5-9H2,1-4H3,(H,17,18)/t11-,12-,13-,14-,16?/m1/s1. The number of ether oxygens (including phenoxy) is 1. The Morgan fingerprint density at radius 1 is 1.42 bits per heavy atom. The van der Waals surface area contributed by atoms with E-state index < -0.39 is 0 Å². The molecule has 2 saturated carbocycles. The highest BCUT2D eigenvalue weighted by Gasteiger charge is 2.68. The molecule has 3 nitrogen and oxygen atoms in total. The van der Waals surface area contributed by atoms with Crippen LogP contribution in [0.5, 0.6) is 0 Å². The van der Waals surface area contributed by atoms with Crippen molar-refractivity contribution in [1.82, 2.24) is 5.32 Å². The molecular formula is C16H27NO2. The van der Waals surface area contributed by atoms with Gasteiger partial charge in [-0.1, -0.05) is 20.8 Å². The van der Waals surface area contributed by atoms with Crippen LogP contribution in [0.3, 0.4) is 0 Å². The van der Waals surface area contributed by atoms with Gasteiger partial charge in [0.25, 0.3) is 0 Å². The number of rotatable bonds is 2. The number of hydrogen-bond donors (Lipinski definition) is 1. The minimum Gasteiger partial charge on any atom is -0.378 e. The monoisotopic (exact) mass is 265 g/mol. The molecule has 1 heterocycles. The van der Waals surface area contributed by atoms with Gasteiger partial charge in [0.1, 0.15) is 0 Å². The first kappa shape index (κ1) is 13.4. The minimum absolute atomic E-state index is 0.123. The lowest BCUT2D eigenvalue weighted by Crippen LogP contribution is -2.59. The molecule has 1 spiro atoms. The Morgan fingerprint density at radius 2 is 2.16 bits per heavy atom. The summed E-state index contributed by atoms with van der Waals surface area (Å²) < 4.78 is 6.00. The Morgan fingerprint density at radius 3 is 2.79 bits per heavy atom. The van der Waals surface area contributed by atoms with Crippen LogP contribution in [0.25, 0.3) is 0 Å². The molecule has 1 aliphatic heterocycles. The van der Waals surface area contributed by atoms with E-state index in [1.807, 2.05) is 0 Å². The Kier molecular flexibility index (Phi) is 2.97. The number of nitrogens with one attached hydrogen (secondary N) is 1. The summed E-state index contributed by atoms with van der Waals surface area (Å²) in [5.74, 6) is 1.52. The molecule has 1 unspecified atom stereocenters. The first-order chi connectivity index (χ1) is 8.91. The van der Waals surface area contributed by atoms with Crippen molar-refractivity contribution in [3.05, 3.63) is 0 Å².